The van der Waals surface area contributed by atoms with Gasteiger partial charge in [-0.2, -0.15) is 0 Å². The van der Waals surface area contributed by atoms with Crippen LogP contribution in [-0.2, 0) is 27.9 Å². The second kappa shape index (κ2) is 52.5. The van der Waals surface area contributed by atoms with Gasteiger partial charge in [-0.3, -0.25) is 13.8 Å². The quantitative estimate of drug-likeness (QED) is 0.0213. The first-order chi connectivity index (χ1) is 33.6. The van der Waals surface area contributed by atoms with Crippen LogP contribution < -0.4 is 0 Å². The molecular formula is C60H113NO7P+. The Morgan fingerprint density at radius 1 is 0.464 bits per heavy atom. The second-order valence-electron chi connectivity index (χ2n) is 20.7. The van der Waals surface area contributed by atoms with Crippen LogP contribution in [0.2, 0.25) is 0 Å². The maximum atomic E-state index is 12.8. The minimum atomic E-state index is -4.29. The summed E-state index contributed by atoms with van der Waals surface area (Å²) in [6, 6.07) is 0. The van der Waals surface area contributed by atoms with E-state index in [1.807, 2.05) is 21.1 Å². The molecule has 0 fully saturated rings. The van der Waals surface area contributed by atoms with Gasteiger partial charge in [0.2, 0.25) is 0 Å². The van der Waals surface area contributed by atoms with Crippen molar-refractivity contribution >= 4 is 13.8 Å². The summed E-state index contributed by atoms with van der Waals surface area (Å²) < 4.78 is 35.3. The average Bonchev–Trinajstić information content (AvgIpc) is 3.31. The van der Waals surface area contributed by atoms with Crippen molar-refractivity contribution in [3.05, 3.63) is 60.8 Å². The van der Waals surface area contributed by atoms with Gasteiger partial charge >= 0.3 is 13.8 Å². The Labute approximate surface area is 428 Å². The van der Waals surface area contributed by atoms with Gasteiger partial charge in [0, 0.05) is 13.0 Å². The van der Waals surface area contributed by atoms with Crippen molar-refractivity contribution in [2.75, 3.05) is 54.1 Å². The Balaban J connectivity index is 4.07. The van der Waals surface area contributed by atoms with Gasteiger partial charge in [-0.25, -0.2) is 4.57 Å². The third-order valence-corrected chi connectivity index (χ3v) is 13.6. The Hall–Kier alpha value is -1.80. The van der Waals surface area contributed by atoms with E-state index in [2.05, 4.69) is 74.6 Å². The number of carbonyl (C=O) groups excluding carboxylic acids is 1. The van der Waals surface area contributed by atoms with Gasteiger partial charge in [0.25, 0.3) is 0 Å². The van der Waals surface area contributed by atoms with Crippen LogP contribution >= 0.6 is 7.82 Å². The van der Waals surface area contributed by atoms with E-state index in [-0.39, 0.29) is 25.8 Å². The zero-order valence-corrected chi connectivity index (χ0v) is 46.9. The second-order valence-corrected chi connectivity index (χ2v) is 22.1. The fraction of sp³-hybridized carbons (Fsp3) is 0.817. The van der Waals surface area contributed by atoms with Crippen LogP contribution in [0.4, 0.5) is 0 Å². The van der Waals surface area contributed by atoms with Crippen molar-refractivity contribution in [1.29, 1.82) is 0 Å². The molecule has 0 saturated heterocycles. The first-order valence-electron chi connectivity index (χ1n) is 29.0. The molecule has 69 heavy (non-hydrogen) atoms. The molecule has 0 aliphatic heterocycles. The number of carbonyl (C=O) groups is 1. The molecule has 0 heterocycles. The standard InChI is InChI=1S/C60H112NO7P/c1-6-8-10-12-14-16-18-20-22-24-26-28-29-30-31-32-34-36-38-40-42-44-46-48-50-52-55-65-57-59(58-67-69(63,64)66-56-54-61(3,4)5)68-60(62)53-51-49-47-45-43-41-39-37-35-33-27-25-23-21-19-17-15-13-11-9-7-2/h8,10,14,16,20,22,26,28,30-31,59H,6-7,9,11-13,15,17-19,21,23-25,27,29,32-58H2,1-5H3/p+1/b10-8-,16-14-,22-20-,28-26-,31-30-. The molecule has 0 aromatic heterocycles. The van der Waals surface area contributed by atoms with Crippen LogP contribution in [0.3, 0.4) is 0 Å². The number of esters is 1. The molecule has 0 aliphatic rings. The van der Waals surface area contributed by atoms with E-state index >= 15 is 0 Å². The van der Waals surface area contributed by atoms with E-state index in [1.54, 1.807) is 0 Å². The Morgan fingerprint density at radius 3 is 1.26 bits per heavy atom. The van der Waals surface area contributed by atoms with Crippen molar-refractivity contribution in [2.24, 2.45) is 0 Å². The van der Waals surface area contributed by atoms with Gasteiger partial charge in [-0.15, -0.1) is 0 Å². The van der Waals surface area contributed by atoms with E-state index in [4.69, 9.17) is 18.5 Å². The predicted octanol–water partition coefficient (Wildman–Crippen LogP) is 18.4. The number of phosphoric acid groups is 1. The largest absolute Gasteiger partial charge is 0.472 e. The normalized spacial score (nSPS) is 13.9. The van der Waals surface area contributed by atoms with Crippen molar-refractivity contribution in [3.8, 4) is 0 Å². The minimum Gasteiger partial charge on any atom is -0.457 e. The van der Waals surface area contributed by atoms with E-state index in [9.17, 15) is 14.3 Å². The summed E-state index contributed by atoms with van der Waals surface area (Å²) in [5.41, 5.74) is 0. The first kappa shape index (κ1) is 67.2. The number of rotatable bonds is 54. The molecule has 0 rings (SSSR count). The fourth-order valence-electron chi connectivity index (χ4n) is 8.17. The highest BCUT2D eigenvalue weighted by Gasteiger charge is 2.26. The maximum Gasteiger partial charge on any atom is 0.472 e. The molecule has 0 saturated carbocycles. The summed E-state index contributed by atoms with van der Waals surface area (Å²) in [5, 5.41) is 0. The molecule has 0 amide bonds. The number of allylic oxidation sites excluding steroid dienone is 10. The van der Waals surface area contributed by atoms with Crippen molar-refractivity contribution in [3.63, 3.8) is 0 Å². The van der Waals surface area contributed by atoms with E-state index < -0.39 is 13.9 Å². The molecule has 2 atom stereocenters. The first-order valence-corrected chi connectivity index (χ1v) is 30.5. The van der Waals surface area contributed by atoms with Gasteiger partial charge in [0.1, 0.15) is 19.3 Å². The van der Waals surface area contributed by atoms with Crippen molar-refractivity contribution in [1.82, 2.24) is 0 Å². The highest BCUT2D eigenvalue weighted by molar-refractivity contribution is 7.47. The molecule has 8 nitrogen and oxygen atoms in total. The summed E-state index contributed by atoms with van der Waals surface area (Å²) >= 11 is 0. The van der Waals surface area contributed by atoms with E-state index in [1.165, 1.54) is 173 Å². The fourth-order valence-corrected chi connectivity index (χ4v) is 8.91. The summed E-state index contributed by atoms with van der Waals surface area (Å²) in [7, 11) is 1.67. The van der Waals surface area contributed by atoms with Gasteiger partial charge in [-0.1, -0.05) is 254 Å². The van der Waals surface area contributed by atoms with Crippen molar-refractivity contribution < 1.29 is 37.3 Å². The highest BCUT2D eigenvalue weighted by Crippen LogP contribution is 2.43. The molecule has 0 bridgehead atoms. The molecular weight excluding hydrogens is 878 g/mol. The number of quaternary nitrogens is 1. The zero-order chi connectivity index (χ0) is 50.5. The predicted molar refractivity (Wildman–Crippen MR) is 298 cm³/mol. The molecule has 404 valence electrons. The maximum absolute atomic E-state index is 12.8. The molecule has 0 aromatic carbocycles. The summed E-state index contributed by atoms with van der Waals surface area (Å²) in [6.45, 7) is 5.54. The molecule has 0 spiro atoms. The van der Waals surface area contributed by atoms with Gasteiger partial charge in [-0.05, 0) is 57.8 Å². The number of hydrogen-bond acceptors (Lipinski definition) is 6. The molecule has 0 aromatic rings. The third kappa shape index (κ3) is 57.0. The average molecular weight is 992 g/mol. The topological polar surface area (TPSA) is 91.3 Å². The number of phosphoric ester groups is 1. The SMILES string of the molecule is CC/C=C\C/C=C\C/C=C\C/C=C\C/C=C\CCCCCCCCCCCCOCC(COP(=O)(O)OCC[N+](C)(C)C)OC(=O)CCCCCCCCCCCCCCCCCCCCCCC. The third-order valence-electron chi connectivity index (χ3n) is 12.6. The lowest BCUT2D eigenvalue weighted by molar-refractivity contribution is -0.870. The number of likely N-dealkylation sites (N-methyl/N-ethyl adjacent to an activating group) is 1. The van der Waals surface area contributed by atoms with Gasteiger partial charge in [0.05, 0.1) is 34.4 Å². The number of hydrogen-bond donors (Lipinski definition) is 1. The Kier molecular flexibility index (Phi) is 51.2. The van der Waals surface area contributed by atoms with Crippen LogP contribution in [0, 0.1) is 0 Å². The molecule has 0 radical (unpaired) electrons. The van der Waals surface area contributed by atoms with Crippen LogP contribution in [-0.4, -0.2) is 75.6 Å². The molecule has 0 aliphatic carbocycles. The minimum absolute atomic E-state index is 0.0874. The molecule has 2 unspecified atom stereocenters. The van der Waals surface area contributed by atoms with Crippen LogP contribution in [0.5, 0.6) is 0 Å². The lowest BCUT2D eigenvalue weighted by Crippen LogP contribution is -2.37. The number of nitrogens with zero attached hydrogens (tertiary/aromatic N) is 1. The highest BCUT2D eigenvalue weighted by atomic mass is 31.2. The summed E-state index contributed by atoms with van der Waals surface area (Å²) in [4.78, 5) is 23.1. The summed E-state index contributed by atoms with van der Waals surface area (Å²) in [5.74, 6) is -0.311. The Morgan fingerprint density at radius 2 is 0.841 bits per heavy atom. The van der Waals surface area contributed by atoms with Gasteiger partial charge < -0.3 is 18.9 Å². The lowest BCUT2D eigenvalue weighted by Gasteiger charge is -2.24. The smallest absolute Gasteiger partial charge is 0.457 e. The van der Waals surface area contributed by atoms with Crippen LogP contribution in [0.1, 0.15) is 258 Å². The lowest BCUT2D eigenvalue weighted by atomic mass is 10.0. The van der Waals surface area contributed by atoms with E-state index in [0.717, 1.165) is 64.2 Å². The van der Waals surface area contributed by atoms with Crippen LogP contribution in [0.15, 0.2) is 60.8 Å². The molecule has 1 N–H and O–H groups in total. The summed E-state index contributed by atoms with van der Waals surface area (Å²) in [6.07, 6.45) is 68.5. The molecule has 9 heteroatoms. The van der Waals surface area contributed by atoms with Crippen LogP contribution in [0.25, 0.3) is 0 Å². The Bertz CT molecular complexity index is 1290. The number of ether oxygens (including phenoxy) is 2. The zero-order valence-electron chi connectivity index (χ0n) is 46.0. The van der Waals surface area contributed by atoms with Gasteiger partial charge in [0.15, 0.2) is 0 Å². The number of unbranched alkanes of at least 4 members (excludes halogenated alkanes) is 30. The monoisotopic (exact) mass is 991 g/mol. The van der Waals surface area contributed by atoms with Crippen molar-refractivity contribution in [2.45, 2.75) is 264 Å². The van der Waals surface area contributed by atoms with E-state index in [0.29, 0.717) is 24.1 Å².